The number of carboxylic acids is 1. The van der Waals surface area contributed by atoms with Crippen molar-refractivity contribution in [2.45, 2.75) is 43.9 Å². The highest BCUT2D eigenvalue weighted by atomic mass is 19.4. The molecule has 0 saturated heterocycles. The summed E-state index contributed by atoms with van der Waals surface area (Å²) in [5.41, 5.74) is 4.42. The SMILES string of the molecule is CC1=CCN([C@@H](Cc2ccc(C(F)(F)F)cc2)C(=O)N(C)CC(=O)O)C(=O)[C@H](N(C)C(=O)OCC2c3ccccc3-c3ccccc32)C1. The van der Waals surface area contributed by atoms with Crippen molar-refractivity contribution in [1.29, 1.82) is 0 Å². The van der Waals surface area contributed by atoms with E-state index < -0.39 is 54.2 Å². The number of amides is 3. The molecule has 9 nitrogen and oxygen atoms in total. The number of halogens is 3. The second kappa shape index (κ2) is 13.9. The molecule has 2 atom stereocenters. The molecule has 3 aromatic carbocycles. The molecule has 0 bridgehead atoms. The van der Waals surface area contributed by atoms with Gasteiger partial charge in [-0.3, -0.25) is 19.3 Å². The van der Waals surface area contributed by atoms with E-state index >= 15 is 0 Å². The summed E-state index contributed by atoms with van der Waals surface area (Å²) in [6.45, 7) is 1.14. The van der Waals surface area contributed by atoms with E-state index in [2.05, 4.69) is 0 Å². The van der Waals surface area contributed by atoms with E-state index in [0.717, 1.165) is 44.9 Å². The number of carboxylic acid groups (broad SMARTS) is 1. The summed E-state index contributed by atoms with van der Waals surface area (Å²) in [6.07, 6.45) is -3.58. The van der Waals surface area contributed by atoms with E-state index in [4.69, 9.17) is 4.74 Å². The molecule has 0 unspecified atom stereocenters. The van der Waals surface area contributed by atoms with Gasteiger partial charge in [0, 0.05) is 33.0 Å². The Balaban J connectivity index is 1.38. The van der Waals surface area contributed by atoms with Crippen molar-refractivity contribution in [2.24, 2.45) is 0 Å². The molecule has 3 aromatic rings. The van der Waals surface area contributed by atoms with Crippen LogP contribution in [-0.4, -0.2) is 89.6 Å². The number of rotatable bonds is 9. The topological polar surface area (TPSA) is 107 Å². The monoisotopic (exact) mass is 663 g/mol. The molecule has 2 aliphatic rings. The number of benzene rings is 3. The molecule has 0 saturated carbocycles. The van der Waals surface area contributed by atoms with Crippen molar-refractivity contribution in [2.75, 3.05) is 33.8 Å². The number of hydrogen-bond acceptors (Lipinski definition) is 5. The number of likely N-dealkylation sites (N-methyl/N-ethyl adjacent to an activating group) is 2. The molecule has 252 valence electrons. The maximum absolute atomic E-state index is 14.2. The van der Waals surface area contributed by atoms with Gasteiger partial charge in [0.25, 0.3) is 0 Å². The Kier molecular flexibility index (Phi) is 9.92. The van der Waals surface area contributed by atoms with Gasteiger partial charge in [0.15, 0.2) is 0 Å². The number of aliphatic carboxylic acids is 1. The summed E-state index contributed by atoms with van der Waals surface area (Å²) in [5.74, 6) is -2.76. The number of nitrogens with zero attached hydrogens (tertiary/aromatic N) is 3. The lowest BCUT2D eigenvalue weighted by molar-refractivity contribution is -0.150. The highest BCUT2D eigenvalue weighted by Gasteiger charge is 2.40. The van der Waals surface area contributed by atoms with Crippen LogP contribution < -0.4 is 0 Å². The molecule has 1 N–H and O–H groups in total. The number of fused-ring (bicyclic) bond motifs is 3. The van der Waals surface area contributed by atoms with E-state index in [9.17, 15) is 37.5 Å². The van der Waals surface area contributed by atoms with E-state index in [1.54, 1.807) is 13.0 Å². The third-order valence-corrected chi connectivity index (χ3v) is 8.93. The van der Waals surface area contributed by atoms with Crippen LogP contribution in [0.25, 0.3) is 11.1 Å². The Morgan fingerprint density at radius 3 is 2.10 bits per heavy atom. The van der Waals surface area contributed by atoms with Gasteiger partial charge in [-0.1, -0.05) is 72.3 Å². The van der Waals surface area contributed by atoms with Crippen LogP contribution in [0.2, 0.25) is 0 Å². The van der Waals surface area contributed by atoms with Crippen molar-refractivity contribution in [3.63, 3.8) is 0 Å². The highest BCUT2D eigenvalue weighted by Crippen LogP contribution is 2.44. The lowest BCUT2D eigenvalue weighted by Crippen LogP contribution is -2.56. The van der Waals surface area contributed by atoms with Crippen LogP contribution in [-0.2, 0) is 31.7 Å². The first-order valence-electron chi connectivity index (χ1n) is 15.4. The van der Waals surface area contributed by atoms with Crippen LogP contribution in [0.1, 0.15) is 41.5 Å². The zero-order valence-corrected chi connectivity index (χ0v) is 26.7. The number of ether oxygens (including phenoxy) is 1. The summed E-state index contributed by atoms with van der Waals surface area (Å²) < 4.78 is 45.4. The fourth-order valence-corrected chi connectivity index (χ4v) is 6.34. The van der Waals surface area contributed by atoms with Crippen LogP contribution in [0.4, 0.5) is 18.0 Å². The Hall–Kier alpha value is -5.13. The summed E-state index contributed by atoms with van der Waals surface area (Å²) in [5, 5.41) is 9.32. The summed E-state index contributed by atoms with van der Waals surface area (Å²) in [4.78, 5) is 56.2. The maximum Gasteiger partial charge on any atom is 0.416 e. The zero-order valence-electron chi connectivity index (χ0n) is 26.7. The fourth-order valence-electron chi connectivity index (χ4n) is 6.34. The van der Waals surface area contributed by atoms with Crippen LogP contribution in [0.15, 0.2) is 84.4 Å². The largest absolute Gasteiger partial charge is 0.480 e. The summed E-state index contributed by atoms with van der Waals surface area (Å²) in [7, 11) is 2.72. The van der Waals surface area contributed by atoms with Crippen molar-refractivity contribution < 1.29 is 42.2 Å². The molecule has 0 fully saturated rings. The zero-order chi connectivity index (χ0) is 34.7. The smallest absolute Gasteiger partial charge is 0.416 e. The normalized spacial score (nSPS) is 16.7. The van der Waals surface area contributed by atoms with Crippen molar-refractivity contribution in [1.82, 2.24) is 14.7 Å². The third kappa shape index (κ3) is 7.22. The predicted octanol–water partition coefficient (Wildman–Crippen LogP) is 5.59. The summed E-state index contributed by atoms with van der Waals surface area (Å²) >= 11 is 0. The van der Waals surface area contributed by atoms with E-state index in [1.165, 1.54) is 36.0 Å². The minimum absolute atomic E-state index is 0.0301. The molecule has 12 heteroatoms. The number of carbonyl (C=O) groups excluding carboxylic acids is 3. The summed E-state index contributed by atoms with van der Waals surface area (Å²) in [6, 6.07) is 17.7. The quantitative estimate of drug-likeness (QED) is 0.300. The Morgan fingerprint density at radius 1 is 0.958 bits per heavy atom. The van der Waals surface area contributed by atoms with Gasteiger partial charge in [-0.25, -0.2) is 4.79 Å². The fraction of sp³-hybridized carbons (Fsp3) is 0.333. The van der Waals surface area contributed by atoms with E-state index in [-0.39, 0.29) is 31.9 Å². The lowest BCUT2D eigenvalue weighted by Gasteiger charge is -2.36. The van der Waals surface area contributed by atoms with Crippen molar-refractivity contribution >= 4 is 23.9 Å². The maximum atomic E-state index is 14.2. The molecule has 3 amide bonds. The van der Waals surface area contributed by atoms with E-state index in [0.29, 0.717) is 5.56 Å². The number of hydrogen-bond donors (Lipinski definition) is 1. The van der Waals surface area contributed by atoms with Gasteiger partial charge in [0.2, 0.25) is 11.8 Å². The van der Waals surface area contributed by atoms with Crippen LogP contribution in [0, 0.1) is 0 Å². The molecule has 1 aliphatic heterocycles. The van der Waals surface area contributed by atoms with Gasteiger partial charge in [0.1, 0.15) is 25.2 Å². The van der Waals surface area contributed by atoms with Gasteiger partial charge in [-0.05, 0) is 53.3 Å². The van der Waals surface area contributed by atoms with E-state index in [1.807, 2.05) is 48.5 Å². The minimum atomic E-state index is -4.56. The van der Waals surface area contributed by atoms with Crippen molar-refractivity contribution in [3.05, 3.63) is 107 Å². The predicted molar refractivity (Wildman–Crippen MR) is 171 cm³/mol. The lowest BCUT2D eigenvalue weighted by atomic mass is 9.98. The number of carbonyl (C=O) groups is 4. The van der Waals surface area contributed by atoms with Crippen LogP contribution >= 0.6 is 0 Å². The third-order valence-electron chi connectivity index (χ3n) is 8.93. The molecule has 5 rings (SSSR count). The first-order valence-corrected chi connectivity index (χ1v) is 15.4. The van der Waals surface area contributed by atoms with Gasteiger partial charge < -0.3 is 19.6 Å². The molecule has 1 aliphatic carbocycles. The Bertz CT molecular complexity index is 1690. The molecular formula is C36H36F3N3O6. The van der Waals surface area contributed by atoms with Gasteiger partial charge in [-0.15, -0.1) is 0 Å². The highest BCUT2D eigenvalue weighted by molar-refractivity contribution is 5.93. The molecule has 0 aromatic heterocycles. The van der Waals surface area contributed by atoms with Gasteiger partial charge in [-0.2, -0.15) is 13.2 Å². The average Bonchev–Trinajstić information content (AvgIpc) is 3.29. The van der Waals surface area contributed by atoms with Crippen LogP contribution in [0.3, 0.4) is 0 Å². The minimum Gasteiger partial charge on any atom is -0.480 e. The molecule has 48 heavy (non-hydrogen) atoms. The average molecular weight is 664 g/mol. The molecular weight excluding hydrogens is 627 g/mol. The standard InChI is InChI=1S/C36H36F3N3O6/c1-22-16-17-42(31(33(45)40(2)20-32(43)44)19-23-12-14-24(15-13-23)36(37,38)39)34(46)30(18-22)41(3)35(47)48-21-29-27-10-6-4-8-25(27)26-9-5-7-11-28(26)29/h4-16,29-31H,17-21H2,1-3H3,(H,43,44)/t30-,31+/m1/s1. The van der Waals surface area contributed by atoms with Crippen LogP contribution in [0.5, 0.6) is 0 Å². The second-order valence-electron chi connectivity index (χ2n) is 12.2. The van der Waals surface area contributed by atoms with Gasteiger partial charge in [0.05, 0.1) is 5.56 Å². The van der Waals surface area contributed by atoms with Gasteiger partial charge >= 0.3 is 18.2 Å². The first kappa shape index (κ1) is 34.2. The number of alkyl halides is 3. The Morgan fingerprint density at radius 2 is 1.54 bits per heavy atom. The molecule has 1 heterocycles. The Labute approximate surface area is 276 Å². The molecule has 0 spiro atoms. The second-order valence-corrected chi connectivity index (χ2v) is 12.2. The first-order chi connectivity index (χ1) is 22.8. The van der Waals surface area contributed by atoms with Crippen molar-refractivity contribution in [3.8, 4) is 11.1 Å². The molecule has 0 radical (unpaired) electrons.